The lowest BCUT2D eigenvalue weighted by Crippen LogP contribution is -2.30. The molecule has 0 saturated carbocycles. The molecule has 466 valence electrons. The lowest BCUT2D eigenvalue weighted by atomic mass is 10.0. The molecule has 0 amide bonds. The van der Waals surface area contributed by atoms with Gasteiger partial charge in [0, 0.05) is 19.3 Å². The number of esters is 3. The molecule has 0 aliphatic rings. The maximum Gasteiger partial charge on any atom is 0.306 e. The van der Waals surface area contributed by atoms with Gasteiger partial charge in [-0.3, -0.25) is 14.4 Å². The maximum absolute atomic E-state index is 12.9. The number of allylic oxidation sites excluding steroid dienone is 28. The number of unbranched alkanes of at least 4 members (excludes halogenated alkanes) is 20. The van der Waals surface area contributed by atoms with Crippen LogP contribution in [0.2, 0.25) is 0 Å². The van der Waals surface area contributed by atoms with Gasteiger partial charge in [0.25, 0.3) is 0 Å². The van der Waals surface area contributed by atoms with Crippen molar-refractivity contribution in [2.75, 3.05) is 13.2 Å². The normalized spacial score (nSPS) is 13.2. The summed E-state index contributed by atoms with van der Waals surface area (Å²) < 4.78 is 16.9. The predicted octanol–water partition coefficient (Wildman–Crippen LogP) is 23.4. The topological polar surface area (TPSA) is 78.9 Å². The summed E-state index contributed by atoms with van der Waals surface area (Å²) in [5.74, 6) is -0.988. The van der Waals surface area contributed by atoms with Gasteiger partial charge in [-0.25, -0.2) is 0 Å². The van der Waals surface area contributed by atoms with Crippen LogP contribution in [0.15, 0.2) is 170 Å². The van der Waals surface area contributed by atoms with Gasteiger partial charge in [0.05, 0.1) is 0 Å². The molecule has 0 aromatic carbocycles. The first-order valence-electron chi connectivity index (χ1n) is 33.6. The van der Waals surface area contributed by atoms with Gasteiger partial charge in [-0.15, -0.1) is 0 Å². The van der Waals surface area contributed by atoms with Gasteiger partial charge in [-0.05, 0) is 148 Å². The van der Waals surface area contributed by atoms with Gasteiger partial charge < -0.3 is 14.2 Å². The van der Waals surface area contributed by atoms with E-state index in [1.54, 1.807) is 0 Å². The van der Waals surface area contributed by atoms with E-state index in [2.05, 4.69) is 191 Å². The fraction of sp³-hybridized carbons (Fsp3) is 0.597. The highest BCUT2D eigenvalue weighted by Crippen LogP contribution is 2.16. The smallest absolute Gasteiger partial charge is 0.306 e. The van der Waals surface area contributed by atoms with Crippen LogP contribution in [0.5, 0.6) is 0 Å². The Hall–Kier alpha value is -5.23. The standard InChI is InChI=1S/C77H122O6/c1-4-7-10-13-16-19-22-25-27-29-31-33-34-35-36-37-38-39-40-41-42-44-45-47-49-52-55-58-61-64-67-70-76(79)82-73-74(72-81-75(78)69-66-63-60-57-54-51-24-21-18-15-12-9-6-3)83-77(80)71-68-65-62-59-56-53-50-48-46-43-32-30-28-26-23-20-17-14-11-8-5-2/h7-12,16-21,25-28,31-33,35-36,43,48,50-51,54,56,59,74H,4-6,13-15,22-24,29-30,34,37-42,44-47,49,52-53,55,57-58,60-73H2,1-3H3/b10-7-,11-8-,12-9-,19-16-,20-17-,21-18-,27-25-,28-26-,33-31-,36-35-,43-32-,50-48-,54-51-,59-56-. The predicted molar refractivity (Wildman–Crippen MR) is 361 cm³/mol. The Morgan fingerprint density at radius 2 is 0.434 bits per heavy atom. The number of hydrogen-bond acceptors (Lipinski definition) is 6. The minimum Gasteiger partial charge on any atom is -0.462 e. The Morgan fingerprint density at radius 1 is 0.241 bits per heavy atom. The molecule has 0 aliphatic heterocycles. The third-order valence-electron chi connectivity index (χ3n) is 13.7. The summed E-state index contributed by atoms with van der Waals surface area (Å²) in [5.41, 5.74) is 0. The van der Waals surface area contributed by atoms with E-state index in [1.807, 2.05) is 0 Å². The zero-order valence-corrected chi connectivity index (χ0v) is 53.4. The summed E-state index contributed by atoms with van der Waals surface area (Å²) in [6.45, 7) is 6.24. The van der Waals surface area contributed by atoms with E-state index in [4.69, 9.17) is 14.2 Å². The Bertz CT molecular complexity index is 1890. The Morgan fingerprint density at radius 3 is 0.711 bits per heavy atom. The van der Waals surface area contributed by atoms with E-state index in [1.165, 1.54) is 83.5 Å². The highest BCUT2D eigenvalue weighted by Gasteiger charge is 2.19. The van der Waals surface area contributed by atoms with E-state index >= 15 is 0 Å². The largest absolute Gasteiger partial charge is 0.462 e. The minimum atomic E-state index is -0.822. The van der Waals surface area contributed by atoms with Gasteiger partial charge >= 0.3 is 17.9 Å². The van der Waals surface area contributed by atoms with Crippen molar-refractivity contribution >= 4 is 17.9 Å². The molecule has 6 nitrogen and oxygen atoms in total. The van der Waals surface area contributed by atoms with Gasteiger partial charge in [-0.1, -0.05) is 281 Å². The second kappa shape index (κ2) is 69.3. The van der Waals surface area contributed by atoms with Crippen molar-refractivity contribution in [2.45, 2.75) is 284 Å². The van der Waals surface area contributed by atoms with E-state index < -0.39 is 6.10 Å². The molecule has 0 spiro atoms. The van der Waals surface area contributed by atoms with Crippen molar-refractivity contribution in [1.82, 2.24) is 0 Å². The van der Waals surface area contributed by atoms with Crippen LogP contribution >= 0.6 is 0 Å². The molecule has 0 aromatic heterocycles. The first kappa shape index (κ1) is 77.8. The SMILES string of the molecule is CC/C=C\C/C=C\C/C=C\C/C=C\C/C=C\C/C=C\CCCCC(=O)OC(COC(=O)CCCCC/C=C\C/C=C\C/C=C\CC)COC(=O)CCCCCCCCCCCCCCCCC/C=C\C/C=C\C/C=C\C/C=C\C/C=C\CC. The Labute approximate surface area is 511 Å². The molecular formula is C77H122O6. The van der Waals surface area contributed by atoms with Crippen LogP contribution in [-0.4, -0.2) is 37.2 Å². The van der Waals surface area contributed by atoms with E-state index in [9.17, 15) is 14.4 Å². The maximum atomic E-state index is 12.9. The van der Waals surface area contributed by atoms with Crippen LogP contribution in [0.25, 0.3) is 0 Å². The fourth-order valence-electron chi connectivity index (χ4n) is 8.78. The second-order valence-corrected chi connectivity index (χ2v) is 21.6. The number of ether oxygens (including phenoxy) is 3. The van der Waals surface area contributed by atoms with Crippen LogP contribution in [0.4, 0.5) is 0 Å². The summed E-state index contributed by atoms with van der Waals surface area (Å²) in [7, 11) is 0. The third-order valence-corrected chi connectivity index (χ3v) is 13.7. The monoisotopic (exact) mass is 1140 g/mol. The summed E-state index contributed by atoms with van der Waals surface area (Å²) in [4.78, 5) is 38.3. The summed E-state index contributed by atoms with van der Waals surface area (Å²) >= 11 is 0. The van der Waals surface area contributed by atoms with Crippen molar-refractivity contribution in [3.63, 3.8) is 0 Å². The lowest BCUT2D eigenvalue weighted by Gasteiger charge is -2.18. The number of hydrogen-bond donors (Lipinski definition) is 0. The Kier molecular flexibility index (Phi) is 64.9. The highest BCUT2D eigenvalue weighted by atomic mass is 16.6. The second-order valence-electron chi connectivity index (χ2n) is 21.6. The first-order chi connectivity index (χ1) is 41.0. The molecule has 0 rings (SSSR count). The van der Waals surface area contributed by atoms with E-state index in [0.717, 1.165) is 148 Å². The molecule has 0 radical (unpaired) electrons. The summed E-state index contributed by atoms with van der Waals surface area (Å²) in [6, 6.07) is 0. The van der Waals surface area contributed by atoms with Gasteiger partial charge in [0.15, 0.2) is 6.10 Å². The molecule has 0 saturated heterocycles. The number of carbonyl (C=O) groups is 3. The number of carbonyl (C=O) groups excluding carboxylic acids is 3. The molecule has 0 N–H and O–H groups in total. The summed E-state index contributed by atoms with van der Waals surface area (Å²) in [5, 5.41) is 0. The molecule has 0 bridgehead atoms. The van der Waals surface area contributed by atoms with Gasteiger partial charge in [0.2, 0.25) is 0 Å². The average Bonchev–Trinajstić information content (AvgIpc) is 3.49. The fourth-order valence-corrected chi connectivity index (χ4v) is 8.78. The lowest BCUT2D eigenvalue weighted by molar-refractivity contribution is -0.167. The molecule has 0 aromatic rings. The first-order valence-corrected chi connectivity index (χ1v) is 33.6. The minimum absolute atomic E-state index is 0.111. The quantitative estimate of drug-likeness (QED) is 0.0261. The molecule has 6 heteroatoms. The molecule has 0 aliphatic carbocycles. The summed E-state index contributed by atoms with van der Waals surface area (Å²) in [6.07, 6.45) is 102. The van der Waals surface area contributed by atoms with Crippen molar-refractivity contribution < 1.29 is 28.6 Å². The van der Waals surface area contributed by atoms with Crippen LogP contribution in [0.3, 0.4) is 0 Å². The molecule has 1 unspecified atom stereocenters. The average molecular weight is 1140 g/mol. The number of rotatable bonds is 59. The molecule has 0 heterocycles. The van der Waals surface area contributed by atoms with Crippen LogP contribution in [0.1, 0.15) is 278 Å². The van der Waals surface area contributed by atoms with Crippen molar-refractivity contribution in [2.24, 2.45) is 0 Å². The third kappa shape index (κ3) is 67.4. The zero-order valence-electron chi connectivity index (χ0n) is 53.4. The van der Waals surface area contributed by atoms with Crippen LogP contribution < -0.4 is 0 Å². The van der Waals surface area contributed by atoms with Gasteiger partial charge in [-0.2, -0.15) is 0 Å². The van der Waals surface area contributed by atoms with Crippen LogP contribution in [-0.2, 0) is 28.6 Å². The van der Waals surface area contributed by atoms with E-state index in [-0.39, 0.29) is 37.5 Å². The zero-order chi connectivity index (χ0) is 59.9. The molecule has 0 fully saturated rings. The van der Waals surface area contributed by atoms with Crippen molar-refractivity contribution in [1.29, 1.82) is 0 Å². The van der Waals surface area contributed by atoms with Crippen LogP contribution in [0, 0.1) is 0 Å². The molecule has 1 atom stereocenters. The van der Waals surface area contributed by atoms with Crippen molar-refractivity contribution in [3.8, 4) is 0 Å². The molecular weight excluding hydrogens is 1020 g/mol. The Balaban J connectivity index is 4.35. The van der Waals surface area contributed by atoms with E-state index in [0.29, 0.717) is 19.3 Å². The van der Waals surface area contributed by atoms with Gasteiger partial charge in [0.1, 0.15) is 13.2 Å². The van der Waals surface area contributed by atoms with Crippen molar-refractivity contribution in [3.05, 3.63) is 170 Å². The highest BCUT2D eigenvalue weighted by molar-refractivity contribution is 5.71. The molecule has 83 heavy (non-hydrogen) atoms.